The van der Waals surface area contributed by atoms with E-state index in [0.717, 1.165) is 5.56 Å². The summed E-state index contributed by atoms with van der Waals surface area (Å²) in [6.45, 7) is 0.393. The Kier molecular flexibility index (Phi) is 3.85. The van der Waals surface area contributed by atoms with Crippen LogP contribution >= 0.6 is 11.6 Å². The average molecular weight is 262 g/mol. The van der Waals surface area contributed by atoms with E-state index in [1.807, 2.05) is 0 Å². The van der Waals surface area contributed by atoms with Gasteiger partial charge in [-0.2, -0.15) is 0 Å². The number of hydrogen-bond donors (Lipinski definition) is 2. The van der Waals surface area contributed by atoms with E-state index in [0.29, 0.717) is 17.1 Å². The summed E-state index contributed by atoms with van der Waals surface area (Å²) in [4.78, 5) is 11.9. The molecule has 92 valence electrons. The van der Waals surface area contributed by atoms with Crippen molar-refractivity contribution in [2.24, 2.45) is 0 Å². The largest absolute Gasteiger partial charge is 0.508 e. The van der Waals surface area contributed by atoms with Crippen molar-refractivity contribution in [3.8, 4) is 5.75 Å². The summed E-state index contributed by atoms with van der Waals surface area (Å²) in [5, 5.41) is 12.3. The molecule has 2 aromatic carbocycles. The van der Waals surface area contributed by atoms with Gasteiger partial charge in [-0.3, -0.25) is 4.79 Å². The molecule has 0 atom stereocenters. The van der Waals surface area contributed by atoms with Crippen LogP contribution in [-0.4, -0.2) is 11.0 Å². The van der Waals surface area contributed by atoms with Crippen LogP contribution in [0.1, 0.15) is 15.9 Å². The first-order chi connectivity index (χ1) is 8.66. The Labute approximate surface area is 110 Å². The Hall–Kier alpha value is -2.00. The molecule has 0 radical (unpaired) electrons. The zero-order chi connectivity index (χ0) is 13.0. The molecule has 0 aliphatic carbocycles. The lowest BCUT2D eigenvalue weighted by Gasteiger charge is -2.06. The topological polar surface area (TPSA) is 49.3 Å². The minimum absolute atomic E-state index is 0.205. The van der Waals surface area contributed by atoms with Crippen molar-refractivity contribution in [3.05, 3.63) is 64.7 Å². The molecule has 2 aromatic rings. The van der Waals surface area contributed by atoms with Crippen molar-refractivity contribution in [3.63, 3.8) is 0 Å². The maximum atomic E-state index is 11.9. The molecule has 1 amide bonds. The molecule has 0 aliphatic rings. The third-order valence-electron chi connectivity index (χ3n) is 2.51. The molecule has 2 rings (SSSR count). The molecule has 0 aliphatic heterocycles. The van der Waals surface area contributed by atoms with Gasteiger partial charge >= 0.3 is 0 Å². The first-order valence-corrected chi connectivity index (χ1v) is 5.85. The summed E-state index contributed by atoms with van der Waals surface area (Å²) in [6, 6.07) is 13.6. The summed E-state index contributed by atoms with van der Waals surface area (Å²) < 4.78 is 0. The van der Waals surface area contributed by atoms with Crippen LogP contribution < -0.4 is 5.32 Å². The Balaban J connectivity index is 2.01. The Morgan fingerprint density at radius 3 is 2.44 bits per heavy atom. The number of benzene rings is 2. The number of halogens is 1. The van der Waals surface area contributed by atoms with E-state index in [1.165, 1.54) is 0 Å². The molecule has 0 saturated heterocycles. The number of carbonyl (C=O) groups excluding carboxylic acids is 1. The van der Waals surface area contributed by atoms with Gasteiger partial charge in [-0.25, -0.2) is 0 Å². The third kappa shape index (κ3) is 3.02. The van der Waals surface area contributed by atoms with Crippen LogP contribution in [0.5, 0.6) is 5.75 Å². The van der Waals surface area contributed by atoms with E-state index in [4.69, 9.17) is 16.7 Å². The summed E-state index contributed by atoms with van der Waals surface area (Å²) >= 11 is 5.93. The Morgan fingerprint density at radius 1 is 1.11 bits per heavy atom. The molecule has 0 aromatic heterocycles. The molecule has 18 heavy (non-hydrogen) atoms. The van der Waals surface area contributed by atoms with Gasteiger partial charge in [0.1, 0.15) is 5.75 Å². The molecule has 4 heteroatoms. The highest BCUT2D eigenvalue weighted by atomic mass is 35.5. The zero-order valence-electron chi connectivity index (χ0n) is 9.56. The molecule has 0 bridgehead atoms. The molecule has 2 N–H and O–H groups in total. The maximum Gasteiger partial charge on any atom is 0.253 e. The highest BCUT2D eigenvalue weighted by Crippen LogP contribution is 2.15. The lowest BCUT2D eigenvalue weighted by atomic mass is 10.2. The standard InChI is InChI=1S/C14H12ClNO2/c15-13-4-2-1-3-12(13)14(18)16-9-10-5-7-11(17)8-6-10/h1-8,17H,9H2,(H,16,18). The van der Waals surface area contributed by atoms with Crippen LogP contribution in [0.3, 0.4) is 0 Å². The molecule has 0 spiro atoms. The Morgan fingerprint density at radius 2 is 1.78 bits per heavy atom. The van der Waals surface area contributed by atoms with Crippen LogP contribution in [-0.2, 0) is 6.54 Å². The third-order valence-corrected chi connectivity index (χ3v) is 2.84. The Bertz CT molecular complexity index is 552. The van der Waals surface area contributed by atoms with Gasteiger partial charge in [-0.15, -0.1) is 0 Å². The van der Waals surface area contributed by atoms with E-state index in [2.05, 4.69) is 5.32 Å². The van der Waals surface area contributed by atoms with Crippen molar-refractivity contribution >= 4 is 17.5 Å². The fourth-order valence-corrected chi connectivity index (χ4v) is 1.76. The number of carbonyl (C=O) groups is 1. The SMILES string of the molecule is O=C(NCc1ccc(O)cc1)c1ccccc1Cl. The number of phenols is 1. The smallest absolute Gasteiger partial charge is 0.253 e. The van der Waals surface area contributed by atoms with Crippen molar-refractivity contribution in [2.75, 3.05) is 0 Å². The molecule has 0 unspecified atom stereocenters. The quantitative estimate of drug-likeness (QED) is 0.892. The van der Waals surface area contributed by atoms with E-state index in [-0.39, 0.29) is 11.7 Å². The van der Waals surface area contributed by atoms with Crippen molar-refractivity contribution in [2.45, 2.75) is 6.54 Å². The monoisotopic (exact) mass is 261 g/mol. The van der Waals surface area contributed by atoms with Gasteiger partial charge < -0.3 is 10.4 Å². The minimum Gasteiger partial charge on any atom is -0.508 e. The van der Waals surface area contributed by atoms with E-state index in [1.54, 1.807) is 48.5 Å². The van der Waals surface area contributed by atoms with Crippen LogP contribution in [0.25, 0.3) is 0 Å². The molecule has 0 saturated carbocycles. The summed E-state index contributed by atoms with van der Waals surface area (Å²) in [5.74, 6) is -0.00939. The van der Waals surface area contributed by atoms with Gasteiger partial charge in [0.2, 0.25) is 0 Å². The molecule has 0 fully saturated rings. The maximum absolute atomic E-state index is 11.9. The summed E-state index contributed by atoms with van der Waals surface area (Å²) in [6.07, 6.45) is 0. The minimum atomic E-state index is -0.214. The average Bonchev–Trinajstić information content (AvgIpc) is 2.38. The predicted molar refractivity (Wildman–Crippen MR) is 70.7 cm³/mol. The normalized spacial score (nSPS) is 10.1. The van der Waals surface area contributed by atoms with Gasteiger partial charge in [-0.05, 0) is 29.8 Å². The molecule has 3 nitrogen and oxygen atoms in total. The van der Waals surface area contributed by atoms with Gasteiger partial charge in [-0.1, -0.05) is 35.9 Å². The number of amides is 1. The van der Waals surface area contributed by atoms with Crippen molar-refractivity contribution < 1.29 is 9.90 Å². The van der Waals surface area contributed by atoms with Gasteiger partial charge in [0.05, 0.1) is 10.6 Å². The lowest BCUT2D eigenvalue weighted by molar-refractivity contribution is 0.0951. The number of rotatable bonds is 3. The fourth-order valence-electron chi connectivity index (χ4n) is 1.54. The predicted octanol–water partition coefficient (Wildman–Crippen LogP) is 2.98. The second kappa shape index (κ2) is 5.56. The van der Waals surface area contributed by atoms with Gasteiger partial charge in [0, 0.05) is 6.54 Å². The van der Waals surface area contributed by atoms with E-state index < -0.39 is 0 Å². The number of aromatic hydroxyl groups is 1. The number of nitrogens with one attached hydrogen (secondary N) is 1. The molecule has 0 heterocycles. The zero-order valence-corrected chi connectivity index (χ0v) is 10.3. The van der Waals surface area contributed by atoms with Crippen LogP contribution in [0.2, 0.25) is 5.02 Å². The summed E-state index contributed by atoms with van der Waals surface area (Å²) in [7, 11) is 0. The second-order valence-electron chi connectivity index (χ2n) is 3.83. The molecular formula is C14H12ClNO2. The first kappa shape index (κ1) is 12.5. The fraction of sp³-hybridized carbons (Fsp3) is 0.0714. The summed E-state index contributed by atoms with van der Waals surface area (Å²) in [5.41, 5.74) is 1.37. The van der Waals surface area contributed by atoms with Gasteiger partial charge in [0.25, 0.3) is 5.91 Å². The van der Waals surface area contributed by atoms with Crippen LogP contribution in [0, 0.1) is 0 Å². The van der Waals surface area contributed by atoms with Crippen LogP contribution in [0.15, 0.2) is 48.5 Å². The molecular weight excluding hydrogens is 250 g/mol. The number of phenolic OH excluding ortho intramolecular Hbond substituents is 1. The highest BCUT2D eigenvalue weighted by molar-refractivity contribution is 6.33. The highest BCUT2D eigenvalue weighted by Gasteiger charge is 2.08. The van der Waals surface area contributed by atoms with Crippen molar-refractivity contribution in [1.82, 2.24) is 5.32 Å². The van der Waals surface area contributed by atoms with Crippen molar-refractivity contribution in [1.29, 1.82) is 0 Å². The number of hydrogen-bond acceptors (Lipinski definition) is 2. The van der Waals surface area contributed by atoms with Crippen LogP contribution in [0.4, 0.5) is 0 Å². The van der Waals surface area contributed by atoms with E-state index >= 15 is 0 Å². The second-order valence-corrected chi connectivity index (χ2v) is 4.24. The van der Waals surface area contributed by atoms with Gasteiger partial charge in [0.15, 0.2) is 0 Å². The lowest BCUT2D eigenvalue weighted by Crippen LogP contribution is -2.22. The van der Waals surface area contributed by atoms with E-state index in [9.17, 15) is 4.79 Å². The first-order valence-electron chi connectivity index (χ1n) is 5.47.